The van der Waals surface area contributed by atoms with Crippen LogP contribution >= 0.6 is 0 Å². The van der Waals surface area contributed by atoms with E-state index in [2.05, 4.69) is 57.7 Å². The first kappa shape index (κ1) is 11.8. The van der Waals surface area contributed by atoms with Crippen molar-refractivity contribution in [2.24, 2.45) is 5.92 Å². The van der Waals surface area contributed by atoms with E-state index in [9.17, 15) is 0 Å². The molecule has 80 valence electrons. The second kappa shape index (κ2) is 5.55. The molecular weight excluding hydrogens is 180 g/mol. The Morgan fingerprint density at radius 3 is 2.40 bits per heavy atom. The standard InChI is InChI=1S/C15H20/c1-5-12(2)11-13(3)14(4)15-9-7-6-8-10-15/h5-10,12H,1,11H2,2-4H3/b14-13-. The smallest absolute Gasteiger partial charge is 0.0227 e. The van der Waals surface area contributed by atoms with Gasteiger partial charge in [0.05, 0.1) is 0 Å². The highest BCUT2D eigenvalue weighted by atomic mass is 14.1. The van der Waals surface area contributed by atoms with E-state index < -0.39 is 0 Å². The summed E-state index contributed by atoms with van der Waals surface area (Å²) in [5, 5.41) is 0. The maximum Gasteiger partial charge on any atom is -0.0227 e. The normalized spacial score (nSPS) is 14.3. The van der Waals surface area contributed by atoms with Crippen LogP contribution in [0.3, 0.4) is 0 Å². The molecule has 15 heavy (non-hydrogen) atoms. The second-order valence-electron chi connectivity index (χ2n) is 4.19. The molecule has 1 unspecified atom stereocenters. The quantitative estimate of drug-likeness (QED) is 0.618. The monoisotopic (exact) mass is 200 g/mol. The van der Waals surface area contributed by atoms with Crippen LogP contribution in [-0.2, 0) is 0 Å². The number of rotatable bonds is 4. The van der Waals surface area contributed by atoms with E-state index in [1.165, 1.54) is 16.7 Å². The van der Waals surface area contributed by atoms with E-state index in [0.717, 1.165) is 6.42 Å². The molecule has 1 aromatic rings. The lowest BCUT2D eigenvalue weighted by Crippen LogP contribution is -1.92. The molecule has 0 N–H and O–H groups in total. The third-order valence-corrected chi connectivity index (χ3v) is 2.88. The maximum absolute atomic E-state index is 3.82. The molecule has 1 atom stereocenters. The summed E-state index contributed by atoms with van der Waals surface area (Å²) in [5.41, 5.74) is 4.17. The van der Waals surface area contributed by atoms with Crippen molar-refractivity contribution in [3.05, 3.63) is 54.1 Å². The summed E-state index contributed by atoms with van der Waals surface area (Å²) in [7, 11) is 0. The first-order valence-corrected chi connectivity index (χ1v) is 5.49. The topological polar surface area (TPSA) is 0 Å². The summed E-state index contributed by atoms with van der Waals surface area (Å²) < 4.78 is 0. The lowest BCUT2D eigenvalue weighted by atomic mass is 9.95. The van der Waals surface area contributed by atoms with E-state index in [-0.39, 0.29) is 0 Å². The number of hydrogen-bond donors (Lipinski definition) is 0. The molecule has 0 aromatic heterocycles. The van der Waals surface area contributed by atoms with Crippen LogP contribution in [0.25, 0.3) is 5.57 Å². The maximum atomic E-state index is 3.82. The molecule has 0 saturated carbocycles. The van der Waals surface area contributed by atoms with E-state index in [1.807, 2.05) is 6.08 Å². The van der Waals surface area contributed by atoms with Gasteiger partial charge >= 0.3 is 0 Å². The molecule has 0 aliphatic rings. The molecule has 0 aliphatic heterocycles. The van der Waals surface area contributed by atoms with E-state index >= 15 is 0 Å². The Kier molecular flexibility index (Phi) is 4.36. The zero-order valence-corrected chi connectivity index (χ0v) is 9.96. The summed E-state index contributed by atoms with van der Waals surface area (Å²) in [4.78, 5) is 0. The van der Waals surface area contributed by atoms with Gasteiger partial charge in [-0.1, -0.05) is 48.9 Å². The van der Waals surface area contributed by atoms with Gasteiger partial charge in [-0.15, -0.1) is 6.58 Å². The van der Waals surface area contributed by atoms with Gasteiger partial charge in [-0.05, 0) is 37.3 Å². The molecule has 0 spiro atoms. The van der Waals surface area contributed by atoms with Crippen LogP contribution in [0, 0.1) is 5.92 Å². The molecule has 0 heterocycles. The van der Waals surface area contributed by atoms with Gasteiger partial charge in [0.2, 0.25) is 0 Å². The van der Waals surface area contributed by atoms with Gasteiger partial charge in [0.25, 0.3) is 0 Å². The Balaban J connectivity index is 2.86. The minimum atomic E-state index is 0.559. The fraction of sp³-hybridized carbons (Fsp3) is 0.333. The molecule has 0 saturated heterocycles. The lowest BCUT2D eigenvalue weighted by Gasteiger charge is -2.10. The van der Waals surface area contributed by atoms with Gasteiger partial charge in [-0.2, -0.15) is 0 Å². The van der Waals surface area contributed by atoms with Crippen molar-refractivity contribution in [3.8, 4) is 0 Å². The SMILES string of the molecule is C=CC(C)C/C(C)=C(/C)c1ccccc1. The number of benzene rings is 1. The fourth-order valence-corrected chi connectivity index (χ4v) is 1.65. The predicted octanol–water partition coefficient (Wildman–Crippen LogP) is 4.69. The Labute approximate surface area is 93.3 Å². The molecule has 1 aromatic carbocycles. The average Bonchev–Trinajstić information content (AvgIpc) is 2.29. The summed E-state index contributed by atoms with van der Waals surface area (Å²) >= 11 is 0. The third kappa shape index (κ3) is 3.39. The van der Waals surface area contributed by atoms with Crippen molar-refractivity contribution >= 4 is 5.57 Å². The average molecular weight is 200 g/mol. The van der Waals surface area contributed by atoms with Gasteiger partial charge in [-0.25, -0.2) is 0 Å². The molecule has 0 bridgehead atoms. The lowest BCUT2D eigenvalue weighted by molar-refractivity contribution is 0.719. The van der Waals surface area contributed by atoms with Crippen molar-refractivity contribution in [2.75, 3.05) is 0 Å². The highest BCUT2D eigenvalue weighted by Gasteiger charge is 2.03. The van der Waals surface area contributed by atoms with Crippen LogP contribution in [0.15, 0.2) is 48.6 Å². The molecule has 0 heteroatoms. The molecule has 0 amide bonds. The Morgan fingerprint density at radius 1 is 1.27 bits per heavy atom. The van der Waals surface area contributed by atoms with Crippen LogP contribution in [-0.4, -0.2) is 0 Å². The largest absolute Gasteiger partial charge is 0.103 e. The molecule has 0 fully saturated rings. The van der Waals surface area contributed by atoms with Crippen LogP contribution < -0.4 is 0 Å². The number of hydrogen-bond acceptors (Lipinski definition) is 0. The zero-order chi connectivity index (χ0) is 11.3. The van der Waals surface area contributed by atoms with Crippen molar-refractivity contribution in [1.29, 1.82) is 0 Å². The Bertz CT molecular complexity index is 344. The highest BCUT2D eigenvalue weighted by Crippen LogP contribution is 2.22. The molecule has 0 radical (unpaired) electrons. The fourth-order valence-electron chi connectivity index (χ4n) is 1.65. The van der Waals surface area contributed by atoms with Crippen LogP contribution in [0.5, 0.6) is 0 Å². The van der Waals surface area contributed by atoms with Gasteiger partial charge in [0, 0.05) is 0 Å². The second-order valence-corrected chi connectivity index (χ2v) is 4.19. The zero-order valence-electron chi connectivity index (χ0n) is 9.96. The summed E-state index contributed by atoms with van der Waals surface area (Å²) in [6.07, 6.45) is 3.12. The van der Waals surface area contributed by atoms with E-state index in [0.29, 0.717) is 5.92 Å². The van der Waals surface area contributed by atoms with Crippen molar-refractivity contribution in [2.45, 2.75) is 27.2 Å². The first-order chi connectivity index (χ1) is 7.15. The van der Waals surface area contributed by atoms with Crippen LogP contribution in [0.2, 0.25) is 0 Å². The summed E-state index contributed by atoms with van der Waals surface area (Å²) in [6, 6.07) is 10.6. The van der Waals surface area contributed by atoms with Crippen molar-refractivity contribution in [3.63, 3.8) is 0 Å². The number of allylic oxidation sites excluding steroid dienone is 3. The highest BCUT2D eigenvalue weighted by molar-refractivity contribution is 5.66. The Morgan fingerprint density at radius 2 is 1.87 bits per heavy atom. The minimum Gasteiger partial charge on any atom is -0.103 e. The van der Waals surface area contributed by atoms with Crippen molar-refractivity contribution < 1.29 is 0 Å². The summed E-state index contributed by atoms with van der Waals surface area (Å²) in [6.45, 7) is 10.4. The Hall–Kier alpha value is -1.30. The third-order valence-electron chi connectivity index (χ3n) is 2.88. The summed E-state index contributed by atoms with van der Waals surface area (Å²) in [5.74, 6) is 0.559. The molecule has 0 nitrogen and oxygen atoms in total. The van der Waals surface area contributed by atoms with E-state index in [4.69, 9.17) is 0 Å². The molecule has 0 aliphatic carbocycles. The van der Waals surface area contributed by atoms with Crippen LogP contribution in [0.4, 0.5) is 0 Å². The van der Waals surface area contributed by atoms with Gasteiger partial charge in [0.15, 0.2) is 0 Å². The first-order valence-electron chi connectivity index (χ1n) is 5.49. The van der Waals surface area contributed by atoms with Crippen LogP contribution in [0.1, 0.15) is 32.8 Å². The minimum absolute atomic E-state index is 0.559. The molecular formula is C15H20. The molecule has 1 rings (SSSR count). The van der Waals surface area contributed by atoms with E-state index in [1.54, 1.807) is 0 Å². The van der Waals surface area contributed by atoms with Gasteiger partial charge in [-0.3, -0.25) is 0 Å². The predicted molar refractivity (Wildman–Crippen MR) is 68.7 cm³/mol. The van der Waals surface area contributed by atoms with Gasteiger partial charge < -0.3 is 0 Å². The van der Waals surface area contributed by atoms with Crippen molar-refractivity contribution in [1.82, 2.24) is 0 Å². The van der Waals surface area contributed by atoms with Gasteiger partial charge in [0.1, 0.15) is 0 Å².